The van der Waals surface area contributed by atoms with Crippen molar-refractivity contribution >= 4 is 6.08 Å². The molecular weight excluding hydrogens is 254 g/mol. The maximum absolute atomic E-state index is 5.87. The van der Waals surface area contributed by atoms with Crippen LogP contribution in [0.3, 0.4) is 0 Å². The van der Waals surface area contributed by atoms with Gasteiger partial charge >= 0.3 is 0 Å². The molecule has 1 aromatic heterocycles. The number of rotatable bonds is 4. The molecule has 0 bridgehead atoms. The van der Waals surface area contributed by atoms with Crippen molar-refractivity contribution in [3.63, 3.8) is 0 Å². The number of allylic oxidation sites excluding steroid dienone is 1. The highest BCUT2D eigenvalue weighted by molar-refractivity contribution is 5.59. The maximum Gasteiger partial charge on any atom is 0.205 e. The van der Waals surface area contributed by atoms with Crippen LogP contribution in [0, 0.1) is 6.92 Å². The van der Waals surface area contributed by atoms with Gasteiger partial charge in [-0.1, -0.05) is 6.58 Å². The lowest BCUT2D eigenvalue weighted by Crippen LogP contribution is -2.36. The molecule has 1 aliphatic rings. The van der Waals surface area contributed by atoms with Crippen LogP contribution in [0.25, 0.3) is 6.08 Å². The highest BCUT2D eigenvalue weighted by Crippen LogP contribution is 2.35. The Morgan fingerprint density at radius 1 is 1.55 bits per heavy atom. The van der Waals surface area contributed by atoms with Gasteiger partial charge in [0.2, 0.25) is 5.79 Å². The summed E-state index contributed by atoms with van der Waals surface area (Å²) in [6, 6.07) is 0. The number of aromatic nitrogens is 1. The van der Waals surface area contributed by atoms with E-state index >= 15 is 0 Å². The third kappa shape index (κ3) is 3.20. The minimum absolute atomic E-state index is 0.506. The van der Waals surface area contributed by atoms with Crippen molar-refractivity contribution in [3.8, 4) is 5.75 Å². The summed E-state index contributed by atoms with van der Waals surface area (Å²) in [6.45, 7) is 12.6. The Labute approximate surface area is 120 Å². The van der Waals surface area contributed by atoms with Crippen molar-refractivity contribution in [1.82, 2.24) is 4.98 Å². The molecule has 0 saturated carbocycles. The summed E-state index contributed by atoms with van der Waals surface area (Å²) in [5.74, 6) is 0.821. The lowest BCUT2D eigenvalue weighted by atomic mass is 10.1. The molecule has 0 fully saturated rings. The van der Waals surface area contributed by atoms with Crippen LogP contribution in [0.4, 0.5) is 0 Å². The van der Waals surface area contributed by atoms with Crippen molar-refractivity contribution in [2.24, 2.45) is 0 Å². The number of hydrogen-bond donors (Lipinski definition) is 0. The highest BCUT2D eigenvalue weighted by Gasteiger charge is 2.30. The van der Waals surface area contributed by atoms with E-state index in [9.17, 15) is 0 Å². The zero-order chi connectivity index (χ0) is 14.8. The van der Waals surface area contributed by atoms with Crippen LogP contribution in [0.5, 0.6) is 5.75 Å². The summed E-state index contributed by atoms with van der Waals surface area (Å²) in [5.41, 5.74) is 2.84. The van der Waals surface area contributed by atoms with E-state index in [1.807, 2.05) is 46.0 Å². The Kier molecular flexibility index (Phi) is 4.14. The second-order valence-corrected chi connectivity index (χ2v) is 5.13. The fourth-order valence-electron chi connectivity index (χ4n) is 2.02. The zero-order valence-electron chi connectivity index (χ0n) is 12.5. The van der Waals surface area contributed by atoms with Gasteiger partial charge in [-0.05, 0) is 26.0 Å². The standard InChI is InChI=1S/C16H21NO3/c1-6-18-11(2)7-8-13-9-17-12(3)15-14(13)10-19-16(4,5)20-15/h7-9H,2,6,10H2,1,3-5H3/b8-7+. The first-order valence-corrected chi connectivity index (χ1v) is 6.74. The first-order chi connectivity index (χ1) is 9.43. The van der Waals surface area contributed by atoms with Crippen molar-refractivity contribution in [2.45, 2.75) is 40.1 Å². The number of ether oxygens (including phenoxy) is 3. The second kappa shape index (κ2) is 5.67. The molecule has 0 amide bonds. The third-order valence-corrected chi connectivity index (χ3v) is 3.04. The largest absolute Gasteiger partial charge is 0.495 e. The predicted molar refractivity (Wildman–Crippen MR) is 78.3 cm³/mol. The molecule has 20 heavy (non-hydrogen) atoms. The van der Waals surface area contributed by atoms with E-state index in [1.54, 1.807) is 0 Å². The molecule has 2 rings (SSSR count). The topological polar surface area (TPSA) is 40.6 Å². The summed E-state index contributed by atoms with van der Waals surface area (Å²) >= 11 is 0. The van der Waals surface area contributed by atoms with E-state index in [0.717, 1.165) is 22.6 Å². The second-order valence-electron chi connectivity index (χ2n) is 5.13. The molecule has 0 saturated heterocycles. The Hall–Kier alpha value is -1.81. The van der Waals surface area contributed by atoms with Crippen LogP contribution in [0.15, 0.2) is 24.6 Å². The van der Waals surface area contributed by atoms with Gasteiger partial charge in [0.05, 0.1) is 18.9 Å². The number of pyridine rings is 1. The molecule has 4 nitrogen and oxygen atoms in total. The number of hydrogen-bond acceptors (Lipinski definition) is 4. The summed E-state index contributed by atoms with van der Waals surface area (Å²) in [5, 5.41) is 0. The van der Waals surface area contributed by atoms with E-state index in [0.29, 0.717) is 19.0 Å². The summed E-state index contributed by atoms with van der Waals surface area (Å²) < 4.78 is 16.9. The highest BCUT2D eigenvalue weighted by atomic mass is 16.7. The smallest absolute Gasteiger partial charge is 0.205 e. The first-order valence-electron chi connectivity index (χ1n) is 6.74. The number of fused-ring (bicyclic) bond motifs is 1. The van der Waals surface area contributed by atoms with Crippen molar-refractivity contribution in [2.75, 3.05) is 6.61 Å². The minimum atomic E-state index is -0.614. The van der Waals surface area contributed by atoms with Crippen LogP contribution in [0.1, 0.15) is 37.6 Å². The van der Waals surface area contributed by atoms with Crippen molar-refractivity contribution < 1.29 is 14.2 Å². The quantitative estimate of drug-likeness (QED) is 0.622. The van der Waals surface area contributed by atoms with Gasteiger partial charge in [-0.3, -0.25) is 4.98 Å². The summed E-state index contributed by atoms with van der Waals surface area (Å²) in [4.78, 5) is 4.38. The molecule has 0 atom stereocenters. The predicted octanol–water partition coefficient (Wildman–Crippen LogP) is 3.60. The van der Waals surface area contributed by atoms with Gasteiger partial charge in [0, 0.05) is 31.2 Å². The molecule has 4 heteroatoms. The third-order valence-electron chi connectivity index (χ3n) is 3.04. The zero-order valence-corrected chi connectivity index (χ0v) is 12.5. The first kappa shape index (κ1) is 14.6. The lowest BCUT2D eigenvalue weighted by molar-refractivity contribution is -0.180. The summed E-state index contributed by atoms with van der Waals surface area (Å²) in [7, 11) is 0. The molecular formula is C16H21NO3. The van der Waals surface area contributed by atoms with Crippen LogP contribution < -0.4 is 4.74 Å². The Morgan fingerprint density at radius 3 is 3.00 bits per heavy atom. The van der Waals surface area contributed by atoms with Crippen LogP contribution in [-0.4, -0.2) is 17.4 Å². The molecule has 0 unspecified atom stereocenters. The molecule has 0 aromatic carbocycles. The fourth-order valence-corrected chi connectivity index (χ4v) is 2.02. The lowest BCUT2D eigenvalue weighted by Gasteiger charge is -2.33. The van der Waals surface area contributed by atoms with Crippen LogP contribution in [0.2, 0.25) is 0 Å². The molecule has 2 heterocycles. The fraction of sp³-hybridized carbons (Fsp3) is 0.438. The molecule has 0 N–H and O–H groups in total. The van der Waals surface area contributed by atoms with Gasteiger partial charge in [0.25, 0.3) is 0 Å². The Morgan fingerprint density at radius 2 is 2.30 bits per heavy atom. The monoisotopic (exact) mass is 275 g/mol. The van der Waals surface area contributed by atoms with Crippen LogP contribution >= 0.6 is 0 Å². The maximum atomic E-state index is 5.87. The van der Waals surface area contributed by atoms with Gasteiger partial charge in [-0.25, -0.2) is 0 Å². The average Bonchev–Trinajstić information content (AvgIpc) is 2.38. The molecule has 0 radical (unpaired) electrons. The Bertz CT molecular complexity index is 547. The van der Waals surface area contributed by atoms with Gasteiger partial charge in [0.15, 0.2) is 0 Å². The van der Waals surface area contributed by atoms with Crippen LogP contribution in [-0.2, 0) is 16.1 Å². The molecule has 1 aromatic rings. The number of aryl methyl sites for hydroxylation is 1. The molecule has 1 aliphatic heterocycles. The minimum Gasteiger partial charge on any atom is -0.495 e. The summed E-state index contributed by atoms with van der Waals surface area (Å²) in [6.07, 6.45) is 5.57. The molecule has 108 valence electrons. The van der Waals surface area contributed by atoms with E-state index in [1.165, 1.54) is 0 Å². The van der Waals surface area contributed by atoms with E-state index in [-0.39, 0.29) is 0 Å². The van der Waals surface area contributed by atoms with Crippen molar-refractivity contribution in [3.05, 3.63) is 41.4 Å². The SMILES string of the molecule is C=C(/C=C/c1cnc(C)c2c1COC(C)(C)O2)OCC. The Balaban J connectivity index is 2.31. The van der Waals surface area contributed by atoms with Gasteiger partial charge in [-0.15, -0.1) is 0 Å². The molecule has 0 aliphatic carbocycles. The van der Waals surface area contributed by atoms with Crippen molar-refractivity contribution in [1.29, 1.82) is 0 Å². The molecule has 0 spiro atoms. The van der Waals surface area contributed by atoms with E-state index < -0.39 is 5.79 Å². The number of nitrogens with zero attached hydrogens (tertiary/aromatic N) is 1. The van der Waals surface area contributed by atoms with Gasteiger partial charge < -0.3 is 14.2 Å². The van der Waals surface area contributed by atoms with Gasteiger partial charge in [-0.2, -0.15) is 0 Å². The van der Waals surface area contributed by atoms with Gasteiger partial charge in [0.1, 0.15) is 11.5 Å². The average molecular weight is 275 g/mol. The van der Waals surface area contributed by atoms with E-state index in [2.05, 4.69) is 11.6 Å². The van der Waals surface area contributed by atoms with E-state index in [4.69, 9.17) is 14.2 Å². The normalized spacial score (nSPS) is 16.6.